The van der Waals surface area contributed by atoms with Crippen molar-refractivity contribution >= 4 is 5.91 Å². The topological polar surface area (TPSA) is 41.1 Å². The first-order chi connectivity index (χ1) is 6.99. The third-order valence-corrected chi connectivity index (χ3v) is 2.08. The number of nitrogens with one attached hydrogen (secondary N) is 2. The van der Waals surface area contributed by atoms with Crippen LogP contribution >= 0.6 is 0 Å². The van der Waals surface area contributed by atoms with Crippen LogP contribution in [0.2, 0.25) is 0 Å². The second-order valence-electron chi connectivity index (χ2n) is 4.18. The van der Waals surface area contributed by atoms with Gasteiger partial charge in [0.05, 0.1) is 12.2 Å². The Kier molecular flexibility index (Phi) is 3.86. The first-order valence-corrected chi connectivity index (χ1v) is 5.07. The average molecular weight is 206 g/mol. The molecule has 0 radical (unpaired) electrons. The molecular formula is C12H18N2O. The summed E-state index contributed by atoms with van der Waals surface area (Å²) in [5.41, 5.74) is 1.14. The van der Waals surface area contributed by atoms with Crippen LogP contribution in [-0.4, -0.2) is 18.1 Å². The van der Waals surface area contributed by atoms with Crippen LogP contribution in [0, 0.1) is 6.92 Å². The zero-order valence-corrected chi connectivity index (χ0v) is 9.50. The normalized spacial score (nSPS) is 17.7. The van der Waals surface area contributed by atoms with Crippen LogP contribution in [0.25, 0.3) is 0 Å². The molecule has 0 unspecified atom stereocenters. The minimum Gasteiger partial charge on any atom is -0.337 e. The lowest BCUT2D eigenvalue weighted by Gasteiger charge is -2.16. The van der Waals surface area contributed by atoms with Crippen LogP contribution in [-0.2, 0) is 4.79 Å². The van der Waals surface area contributed by atoms with Crippen LogP contribution in [0.3, 0.4) is 0 Å². The Hall–Kier alpha value is -1.35. The molecular weight excluding hydrogens is 188 g/mol. The molecule has 1 heterocycles. The number of carbonyl (C=O) groups is 1. The van der Waals surface area contributed by atoms with Crippen molar-refractivity contribution in [1.29, 1.82) is 0 Å². The van der Waals surface area contributed by atoms with Gasteiger partial charge in [-0.05, 0) is 20.8 Å². The Bertz CT molecular complexity index is 320. The Morgan fingerprint density at radius 1 is 1.20 bits per heavy atom. The molecule has 2 rings (SSSR count). The Labute approximate surface area is 90.9 Å². The third-order valence-electron chi connectivity index (χ3n) is 2.08. The second-order valence-corrected chi connectivity index (χ2v) is 4.18. The number of rotatable bonds is 0. The van der Waals surface area contributed by atoms with Crippen LogP contribution in [0.5, 0.6) is 0 Å². The lowest BCUT2D eigenvalue weighted by Crippen LogP contribution is -2.42. The predicted octanol–water partition coefficient (Wildman–Crippen LogP) is 1.44. The molecule has 1 aliphatic heterocycles. The molecule has 0 spiro atoms. The van der Waals surface area contributed by atoms with E-state index < -0.39 is 0 Å². The lowest BCUT2D eigenvalue weighted by molar-refractivity contribution is -0.118. The zero-order chi connectivity index (χ0) is 11.3. The number of carbonyl (C=O) groups excluding carboxylic acids is 1. The quantitative estimate of drug-likeness (QED) is 0.674. The van der Waals surface area contributed by atoms with Gasteiger partial charge >= 0.3 is 0 Å². The van der Waals surface area contributed by atoms with Gasteiger partial charge < -0.3 is 5.32 Å². The summed E-state index contributed by atoms with van der Waals surface area (Å²) in [5, 5.41) is 5.73. The molecule has 1 aliphatic rings. The maximum atomic E-state index is 10.5. The largest absolute Gasteiger partial charge is 0.337 e. The fourth-order valence-corrected chi connectivity index (χ4v) is 1.27. The van der Waals surface area contributed by atoms with Gasteiger partial charge in [-0.3, -0.25) is 10.1 Å². The van der Waals surface area contributed by atoms with Crippen LogP contribution < -0.4 is 10.6 Å². The van der Waals surface area contributed by atoms with Crippen LogP contribution in [0.4, 0.5) is 0 Å². The maximum Gasteiger partial charge on any atom is 0.235 e. The summed E-state index contributed by atoms with van der Waals surface area (Å²) in [4.78, 5) is 10.5. The van der Waals surface area contributed by atoms with E-state index in [-0.39, 0.29) is 11.6 Å². The molecule has 82 valence electrons. The monoisotopic (exact) mass is 206 g/mol. The number of aryl methyl sites for hydroxylation is 1. The molecule has 0 aliphatic carbocycles. The van der Waals surface area contributed by atoms with Gasteiger partial charge in [-0.25, -0.2) is 0 Å². The van der Waals surface area contributed by atoms with Gasteiger partial charge in [0.15, 0.2) is 0 Å². The van der Waals surface area contributed by atoms with E-state index in [1.807, 2.05) is 32.0 Å². The molecule has 1 aromatic carbocycles. The minimum atomic E-state index is -0.183. The van der Waals surface area contributed by atoms with E-state index in [1.165, 1.54) is 5.56 Å². The van der Waals surface area contributed by atoms with Crippen molar-refractivity contribution in [3.05, 3.63) is 35.9 Å². The van der Waals surface area contributed by atoms with Crippen molar-refractivity contribution in [1.82, 2.24) is 10.6 Å². The zero-order valence-electron chi connectivity index (χ0n) is 9.50. The fourth-order valence-electron chi connectivity index (χ4n) is 1.27. The number of hydrogen-bond donors (Lipinski definition) is 2. The Morgan fingerprint density at radius 3 is 2.00 bits per heavy atom. The minimum absolute atomic E-state index is 0.0787. The van der Waals surface area contributed by atoms with Gasteiger partial charge in [-0.2, -0.15) is 0 Å². The molecule has 2 N–H and O–H groups in total. The summed E-state index contributed by atoms with van der Waals surface area (Å²) in [5.74, 6) is 0.0787. The highest BCUT2D eigenvalue weighted by molar-refractivity contribution is 5.80. The van der Waals surface area contributed by atoms with Crippen LogP contribution in [0.15, 0.2) is 30.3 Å². The summed E-state index contributed by atoms with van der Waals surface area (Å²) in [7, 11) is 0. The standard InChI is InChI=1S/C7H8.C5H10N2O/c1-7-5-3-2-4-6-7;1-5(2)6-3-4(8)7-5/h2-6H,1H3;6H,3H2,1-2H3,(H,7,8). The van der Waals surface area contributed by atoms with E-state index in [4.69, 9.17) is 0 Å². The molecule has 0 bridgehead atoms. The highest BCUT2D eigenvalue weighted by Crippen LogP contribution is 1.99. The molecule has 1 saturated heterocycles. The molecule has 3 nitrogen and oxygen atoms in total. The summed E-state index contributed by atoms with van der Waals surface area (Å²) >= 11 is 0. The summed E-state index contributed by atoms with van der Waals surface area (Å²) in [6, 6.07) is 10.3. The van der Waals surface area contributed by atoms with Crippen molar-refractivity contribution in [2.24, 2.45) is 0 Å². The summed E-state index contributed by atoms with van der Waals surface area (Å²) in [6.07, 6.45) is 0. The molecule has 0 atom stereocenters. The highest BCUT2D eigenvalue weighted by Gasteiger charge is 2.26. The molecule has 3 heteroatoms. The highest BCUT2D eigenvalue weighted by atomic mass is 16.2. The number of benzene rings is 1. The van der Waals surface area contributed by atoms with E-state index in [2.05, 4.69) is 29.7 Å². The first-order valence-electron chi connectivity index (χ1n) is 5.07. The molecule has 0 saturated carbocycles. The molecule has 1 fully saturated rings. The Balaban J connectivity index is 0.000000151. The van der Waals surface area contributed by atoms with E-state index in [0.717, 1.165) is 0 Å². The predicted molar refractivity (Wildman–Crippen MR) is 61.4 cm³/mol. The maximum absolute atomic E-state index is 10.5. The molecule has 1 amide bonds. The smallest absolute Gasteiger partial charge is 0.235 e. The van der Waals surface area contributed by atoms with Crippen molar-refractivity contribution in [3.8, 4) is 0 Å². The molecule has 0 aromatic heterocycles. The van der Waals surface area contributed by atoms with E-state index in [9.17, 15) is 4.79 Å². The van der Waals surface area contributed by atoms with E-state index in [0.29, 0.717) is 6.54 Å². The third kappa shape index (κ3) is 4.61. The van der Waals surface area contributed by atoms with E-state index >= 15 is 0 Å². The van der Waals surface area contributed by atoms with Gasteiger partial charge in [0.2, 0.25) is 5.91 Å². The summed E-state index contributed by atoms with van der Waals surface area (Å²) in [6.45, 7) is 6.39. The van der Waals surface area contributed by atoms with Gasteiger partial charge in [-0.1, -0.05) is 35.9 Å². The SMILES string of the molecule is CC1(C)NCC(=O)N1.Cc1ccccc1. The van der Waals surface area contributed by atoms with Crippen molar-refractivity contribution in [2.75, 3.05) is 6.54 Å². The number of hydrogen-bond acceptors (Lipinski definition) is 2. The lowest BCUT2D eigenvalue weighted by atomic mass is 10.2. The van der Waals surface area contributed by atoms with Crippen molar-refractivity contribution < 1.29 is 4.79 Å². The fraction of sp³-hybridized carbons (Fsp3) is 0.417. The van der Waals surface area contributed by atoms with Crippen LogP contribution in [0.1, 0.15) is 19.4 Å². The van der Waals surface area contributed by atoms with Gasteiger partial charge in [0.1, 0.15) is 0 Å². The van der Waals surface area contributed by atoms with Gasteiger partial charge in [0, 0.05) is 0 Å². The average Bonchev–Trinajstić information content (AvgIpc) is 2.46. The Morgan fingerprint density at radius 2 is 1.80 bits per heavy atom. The molecule has 1 aromatic rings. The molecule has 15 heavy (non-hydrogen) atoms. The van der Waals surface area contributed by atoms with E-state index in [1.54, 1.807) is 0 Å². The summed E-state index contributed by atoms with van der Waals surface area (Å²) < 4.78 is 0. The van der Waals surface area contributed by atoms with Crippen molar-refractivity contribution in [2.45, 2.75) is 26.4 Å². The first kappa shape index (κ1) is 11.7. The second kappa shape index (κ2) is 4.94. The van der Waals surface area contributed by atoms with Crippen molar-refractivity contribution in [3.63, 3.8) is 0 Å². The number of amides is 1. The van der Waals surface area contributed by atoms with Gasteiger partial charge in [0.25, 0.3) is 0 Å². The van der Waals surface area contributed by atoms with Gasteiger partial charge in [-0.15, -0.1) is 0 Å².